The van der Waals surface area contributed by atoms with Crippen molar-refractivity contribution in [1.82, 2.24) is 9.88 Å². The van der Waals surface area contributed by atoms with Crippen LogP contribution in [0.15, 0.2) is 23.3 Å². The molecule has 1 aliphatic rings. The summed E-state index contributed by atoms with van der Waals surface area (Å²) in [5.41, 5.74) is 0.178. The summed E-state index contributed by atoms with van der Waals surface area (Å²) >= 11 is 0. The lowest BCUT2D eigenvalue weighted by Crippen LogP contribution is -2.44. The predicted molar refractivity (Wildman–Crippen MR) is 66.0 cm³/mol. The monoisotopic (exact) mass is 234 g/mol. The molecule has 4 heteroatoms. The lowest BCUT2D eigenvalue weighted by Gasteiger charge is -2.37. The van der Waals surface area contributed by atoms with Gasteiger partial charge in [0, 0.05) is 31.5 Å². The van der Waals surface area contributed by atoms with Crippen molar-refractivity contribution >= 4 is 5.91 Å². The molecular weight excluding hydrogens is 216 g/mol. The zero-order chi connectivity index (χ0) is 12.5. The Balaban J connectivity index is 2.21. The van der Waals surface area contributed by atoms with E-state index in [0.717, 1.165) is 25.9 Å². The van der Waals surface area contributed by atoms with E-state index in [1.54, 1.807) is 11.1 Å². The van der Waals surface area contributed by atoms with Gasteiger partial charge >= 0.3 is 0 Å². The first-order valence-electron chi connectivity index (χ1n) is 5.96. The number of rotatable bonds is 1. The molecule has 0 saturated carbocycles. The lowest BCUT2D eigenvalue weighted by molar-refractivity contribution is 0.0582. The first-order chi connectivity index (χ1) is 7.99. The van der Waals surface area contributed by atoms with Crippen molar-refractivity contribution in [1.29, 1.82) is 0 Å². The second kappa shape index (κ2) is 4.35. The molecule has 1 aliphatic heterocycles. The largest absolute Gasteiger partial charge is 0.367 e. The fourth-order valence-electron chi connectivity index (χ4n) is 2.35. The number of pyridine rings is 1. The number of aromatic amines is 1. The minimum absolute atomic E-state index is 0.148. The van der Waals surface area contributed by atoms with Gasteiger partial charge < -0.3 is 9.88 Å². The molecule has 1 aromatic heterocycles. The average molecular weight is 234 g/mol. The maximum Gasteiger partial charge on any atom is 0.259 e. The summed E-state index contributed by atoms with van der Waals surface area (Å²) in [6.07, 6.45) is 5.16. The number of carbonyl (C=O) groups is 1. The summed E-state index contributed by atoms with van der Waals surface area (Å²) in [6.45, 7) is 5.78. The lowest BCUT2D eigenvalue weighted by atomic mass is 9.84. The molecule has 2 rings (SSSR count). The van der Waals surface area contributed by atoms with Crippen LogP contribution in [-0.4, -0.2) is 28.9 Å². The van der Waals surface area contributed by atoms with E-state index >= 15 is 0 Å². The molecule has 1 amide bonds. The van der Waals surface area contributed by atoms with Gasteiger partial charge in [-0.1, -0.05) is 13.8 Å². The molecule has 0 unspecified atom stereocenters. The molecule has 1 N–H and O–H groups in total. The van der Waals surface area contributed by atoms with Gasteiger partial charge in [-0.2, -0.15) is 0 Å². The number of nitrogens with zero attached hydrogens (tertiary/aromatic N) is 1. The molecule has 0 aliphatic carbocycles. The van der Waals surface area contributed by atoms with E-state index in [1.165, 1.54) is 12.3 Å². The highest BCUT2D eigenvalue weighted by molar-refractivity contribution is 5.93. The van der Waals surface area contributed by atoms with Crippen LogP contribution in [0.5, 0.6) is 0 Å². The number of likely N-dealkylation sites (tertiary alicyclic amines) is 1. The topological polar surface area (TPSA) is 53.2 Å². The SMILES string of the molecule is CC1(C)CCCN(C(=O)c2c[nH]ccc2=O)C1. The molecular formula is C13H18N2O2. The van der Waals surface area contributed by atoms with Gasteiger partial charge in [0.1, 0.15) is 5.56 Å². The third-order valence-electron chi connectivity index (χ3n) is 3.24. The van der Waals surface area contributed by atoms with Crippen LogP contribution in [0.25, 0.3) is 0 Å². The Morgan fingerprint density at radius 1 is 1.47 bits per heavy atom. The summed E-state index contributed by atoms with van der Waals surface area (Å²) < 4.78 is 0. The molecule has 1 saturated heterocycles. The number of hydrogen-bond donors (Lipinski definition) is 1. The van der Waals surface area contributed by atoms with Crippen molar-refractivity contribution in [2.45, 2.75) is 26.7 Å². The van der Waals surface area contributed by atoms with Crippen molar-refractivity contribution in [3.8, 4) is 0 Å². The minimum Gasteiger partial charge on any atom is -0.367 e. The van der Waals surface area contributed by atoms with E-state index < -0.39 is 0 Å². The van der Waals surface area contributed by atoms with Crippen LogP contribution in [0, 0.1) is 5.41 Å². The van der Waals surface area contributed by atoms with Gasteiger partial charge in [-0.3, -0.25) is 9.59 Å². The highest BCUT2D eigenvalue weighted by Gasteiger charge is 2.30. The Hall–Kier alpha value is -1.58. The molecule has 2 heterocycles. The van der Waals surface area contributed by atoms with Gasteiger partial charge in [0.2, 0.25) is 0 Å². The molecule has 0 atom stereocenters. The molecule has 92 valence electrons. The van der Waals surface area contributed by atoms with Crippen LogP contribution < -0.4 is 5.43 Å². The number of amides is 1. The summed E-state index contributed by atoms with van der Waals surface area (Å²) in [6, 6.07) is 1.39. The Morgan fingerprint density at radius 3 is 2.88 bits per heavy atom. The number of piperidine rings is 1. The molecule has 0 bridgehead atoms. The van der Waals surface area contributed by atoms with Crippen molar-refractivity contribution < 1.29 is 4.79 Å². The second-order valence-electron chi connectivity index (χ2n) is 5.42. The van der Waals surface area contributed by atoms with Crippen LogP contribution in [-0.2, 0) is 0 Å². The average Bonchev–Trinajstić information content (AvgIpc) is 2.27. The van der Waals surface area contributed by atoms with E-state index in [1.807, 2.05) is 0 Å². The fraction of sp³-hybridized carbons (Fsp3) is 0.538. The standard InChI is InChI=1S/C13H18N2O2/c1-13(2)5-3-7-15(9-13)12(17)10-8-14-6-4-11(10)16/h4,6,8H,3,5,7,9H2,1-2H3,(H,14,16). The highest BCUT2D eigenvalue weighted by Crippen LogP contribution is 2.28. The summed E-state index contributed by atoms with van der Waals surface area (Å²) in [5, 5.41) is 0. The van der Waals surface area contributed by atoms with E-state index in [0.29, 0.717) is 0 Å². The Bertz CT molecular complexity index is 476. The fourth-order valence-corrected chi connectivity index (χ4v) is 2.35. The highest BCUT2D eigenvalue weighted by atomic mass is 16.2. The molecule has 0 radical (unpaired) electrons. The molecule has 4 nitrogen and oxygen atoms in total. The van der Waals surface area contributed by atoms with Crippen LogP contribution in [0.1, 0.15) is 37.0 Å². The Labute approximate surface area is 101 Å². The normalized spacial score (nSPS) is 19.1. The Morgan fingerprint density at radius 2 is 2.24 bits per heavy atom. The van der Waals surface area contributed by atoms with Crippen LogP contribution in [0.4, 0.5) is 0 Å². The maximum atomic E-state index is 12.2. The van der Waals surface area contributed by atoms with Crippen molar-refractivity contribution in [3.63, 3.8) is 0 Å². The quantitative estimate of drug-likeness (QED) is 0.803. The van der Waals surface area contributed by atoms with Crippen LogP contribution >= 0.6 is 0 Å². The van der Waals surface area contributed by atoms with Gasteiger partial charge in [-0.25, -0.2) is 0 Å². The number of aromatic nitrogens is 1. The van der Waals surface area contributed by atoms with E-state index in [4.69, 9.17) is 0 Å². The first-order valence-corrected chi connectivity index (χ1v) is 5.96. The molecule has 1 aromatic rings. The number of hydrogen-bond acceptors (Lipinski definition) is 2. The zero-order valence-corrected chi connectivity index (χ0v) is 10.3. The number of H-pyrrole nitrogens is 1. The van der Waals surface area contributed by atoms with Gasteiger partial charge in [0.15, 0.2) is 5.43 Å². The summed E-state index contributed by atoms with van der Waals surface area (Å²) in [5.74, 6) is -0.153. The molecule has 17 heavy (non-hydrogen) atoms. The van der Waals surface area contributed by atoms with Gasteiger partial charge in [-0.15, -0.1) is 0 Å². The third kappa shape index (κ3) is 2.57. The van der Waals surface area contributed by atoms with E-state index in [2.05, 4.69) is 18.8 Å². The number of nitrogens with one attached hydrogen (secondary N) is 1. The predicted octanol–water partition coefficient (Wildman–Crippen LogP) is 1.64. The number of carbonyl (C=O) groups excluding carboxylic acids is 1. The van der Waals surface area contributed by atoms with Gasteiger partial charge in [-0.05, 0) is 18.3 Å². The maximum absolute atomic E-state index is 12.2. The van der Waals surface area contributed by atoms with Gasteiger partial charge in [0.05, 0.1) is 0 Å². The summed E-state index contributed by atoms with van der Waals surface area (Å²) in [4.78, 5) is 28.4. The van der Waals surface area contributed by atoms with Crippen molar-refractivity contribution in [2.75, 3.05) is 13.1 Å². The van der Waals surface area contributed by atoms with E-state index in [-0.39, 0.29) is 22.3 Å². The van der Waals surface area contributed by atoms with Gasteiger partial charge in [0.25, 0.3) is 5.91 Å². The molecule has 0 spiro atoms. The zero-order valence-electron chi connectivity index (χ0n) is 10.3. The minimum atomic E-state index is -0.211. The van der Waals surface area contributed by atoms with E-state index in [9.17, 15) is 9.59 Å². The summed E-state index contributed by atoms with van der Waals surface area (Å²) in [7, 11) is 0. The first kappa shape index (κ1) is 11.9. The van der Waals surface area contributed by atoms with Crippen molar-refractivity contribution in [3.05, 3.63) is 34.2 Å². The second-order valence-corrected chi connectivity index (χ2v) is 5.42. The molecule has 0 aromatic carbocycles. The third-order valence-corrected chi connectivity index (χ3v) is 3.24. The van der Waals surface area contributed by atoms with Crippen molar-refractivity contribution in [2.24, 2.45) is 5.41 Å². The molecule has 1 fully saturated rings. The smallest absolute Gasteiger partial charge is 0.259 e. The van der Waals surface area contributed by atoms with Crippen LogP contribution in [0.2, 0.25) is 0 Å². The van der Waals surface area contributed by atoms with Crippen LogP contribution in [0.3, 0.4) is 0 Å². The Kier molecular flexibility index (Phi) is 3.05.